The van der Waals surface area contributed by atoms with Crippen molar-refractivity contribution in [3.05, 3.63) is 46.4 Å². The Kier molecular flexibility index (Phi) is 8.76. The molecule has 2 rings (SSSR count). The van der Waals surface area contributed by atoms with Gasteiger partial charge >= 0.3 is 5.97 Å². The van der Waals surface area contributed by atoms with Crippen molar-refractivity contribution in [2.24, 2.45) is 0 Å². The first-order valence-corrected chi connectivity index (χ1v) is 9.50. The van der Waals surface area contributed by atoms with E-state index in [1.165, 1.54) is 20.3 Å². The highest BCUT2D eigenvalue weighted by Crippen LogP contribution is 2.29. The van der Waals surface area contributed by atoms with Gasteiger partial charge in [-0.2, -0.15) is 0 Å². The number of hydrogen-bond donors (Lipinski definition) is 2. The molecule has 0 heterocycles. The van der Waals surface area contributed by atoms with Crippen LogP contribution in [-0.2, 0) is 19.1 Å². The van der Waals surface area contributed by atoms with Gasteiger partial charge in [-0.1, -0.05) is 23.2 Å². The van der Waals surface area contributed by atoms with Crippen molar-refractivity contribution in [3.8, 4) is 11.5 Å². The van der Waals surface area contributed by atoms with Crippen LogP contribution < -0.4 is 20.1 Å². The molecule has 10 heteroatoms. The number of nitrogens with one attached hydrogen (secondary N) is 2. The number of hydrogen-bond acceptors (Lipinski definition) is 6. The molecular formula is C20H20Cl2N2O6. The molecule has 0 unspecified atom stereocenters. The highest BCUT2D eigenvalue weighted by atomic mass is 35.5. The fourth-order valence-electron chi connectivity index (χ4n) is 2.34. The number of esters is 1. The van der Waals surface area contributed by atoms with Crippen LogP contribution in [0.25, 0.3) is 0 Å². The Morgan fingerprint density at radius 2 is 1.60 bits per heavy atom. The molecule has 2 N–H and O–H groups in total. The van der Waals surface area contributed by atoms with Crippen LogP contribution in [0.15, 0.2) is 36.4 Å². The highest BCUT2D eigenvalue weighted by molar-refractivity contribution is 6.36. The number of amides is 2. The zero-order valence-corrected chi connectivity index (χ0v) is 17.8. The van der Waals surface area contributed by atoms with Gasteiger partial charge in [0.2, 0.25) is 5.91 Å². The maximum absolute atomic E-state index is 12.0. The van der Waals surface area contributed by atoms with E-state index in [4.69, 9.17) is 37.4 Å². The lowest BCUT2D eigenvalue weighted by Gasteiger charge is -2.12. The van der Waals surface area contributed by atoms with Crippen molar-refractivity contribution in [1.82, 2.24) is 0 Å². The van der Waals surface area contributed by atoms with Gasteiger partial charge in [-0.05, 0) is 30.3 Å². The summed E-state index contributed by atoms with van der Waals surface area (Å²) >= 11 is 11.8. The average molecular weight is 455 g/mol. The van der Waals surface area contributed by atoms with Gasteiger partial charge < -0.3 is 24.8 Å². The van der Waals surface area contributed by atoms with Gasteiger partial charge in [-0.15, -0.1) is 0 Å². The fraction of sp³-hybridized carbons (Fsp3) is 0.250. The van der Waals surface area contributed by atoms with Crippen LogP contribution in [-0.4, -0.2) is 38.6 Å². The summed E-state index contributed by atoms with van der Waals surface area (Å²) in [6.07, 6.45) is -0.337. The Hall–Kier alpha value is -2.97. The van der Waals surface area contributed by atoms with E-state index < -0.39 is 24.4 Å². The standard InChI is InChI=1S/C20H20Cl2N2O6/c1-28-13-4-6-17(29-2)16(10-13)24-19(26)11-30-20(27)8-7-18(25)23-15-5-3-12(21)9-14(15)22/h3-6,9-10H,7-8,11H2,1-2H3,(H,23,25)(H,24,26). The van der Waals surface area contributed by atoms with E-state index >= 15 is 0 Å². The summed E-state index contributed by atoms with van der Waals surface area (Å²) in [5.41, 5.74) is 0.753. The molecule has 0 spiro atoms. The lowest BCUT2D eigenvalue weighted by Crippen LogP contribution is -2.22. The molecular weight excluding hydrogens is 435 g/mol. The molecule has 0 aliphatic carbocycles. The number of benzene rings is 2. The van der Waals surface area contributed by atoms with E-state index in [1.807, 2.05) is 0 Å². The second-order valence-electron chi connectivity index (χ2n) is 5.95. The highest BCUT2D eigenvalue weighted by Gasteiger charge is 2.14. The minimum atomic E-state index is -0.694. The zero-order valence-electron chi connectivity index (χ0n) is 16.3. The van der Waals surface area contributed by atoms with Crippen LogP contribution in [0.5, 0.6) is 11.5 Å². The molecule has 2 aromatic carbocycles. The molecule has 0 fully saturated rings. The Bertz CT molecular complexity index is 936. The van der Waals surface area contributed by atoms with E-state index in [-0.39, 0.29) is 17.9 Å². The SMILES string of the molecule is COc1ccc(OC)c(NC(=O)COC(=O)CCC(=O)Nc2ccc(Cl)cc2Cl)c1. The normalized spacial score (nSPS) is 10.1. The Balaban J connectivity index is 1.77. The first-order chi connectivity index (χ1) is 14.3. The van der Waals surface area contributed by atoms with Crippen LogP contribution in [0.1, 0.15) is 12.8 Å². The van der Waals surface area contributed by atoms with E-state index in [2.05, 4.69) is 10.6 Å². The van der Waals surface area contributed by atoms with E-state index in [1.54, 1.807) is 30.3 Å². The molecule has 0 aliphatic rings. The van der Waals surface area contributed by atoms with Crippen molar-refractivity contribution in [1.29, 1.82) is 0 Å². The van der Waals surface area contributed by atoms with Gasteiger partial charge in [-0.25, -0.2) is 0 Å². The van der Waals surface area contributed by atoms with Crippen LogP contribution in [0, 0.1) is 0 Å². The van der Waals surface area contributed by atoms with Gasteiger partial charge in [0.25, 0.3) is 5.91 Å². The summed E-state index contributed by atoms with van der Waals surface area (Å²) in [5.74, 6) is -0.739. The lowest BCUT2D eigenvalue weighted by atomic mass is 10.2. The molecule has 0 saturated heterocycles. The van der Waals surface area contributed by atoms with Crippen LogP contribution in [0.3, 0.4) is 0 Å². The van der Waals surface area contributed by atoms with Gasteiger partial charge in [0, 0.05) is 17.5 Å². The Morgan fingerprint density at radius 3 is 2.27 bits per heavy atom. The molecule has 2 amide bonds. The summed E-state index contributed by atoms with van der Waals surface area (Å²) in [5, 5.41) is 5.86. The molecule has 0 bridgehead atoms. The van der Waals surface area contributed by atoms with Crippen LogP contribution in [0.4, 0.5) is 11.4 Å². The Labute approximate surface area is 183 Å². The second kappa shape index (κ2) is 11.3. The molecule has 0 radical (unpaired) electrons. The summed E-state index contributed by atoms with van der Waals surface area (Å²) in [6, 6.07) is 9.50. The number of carbonyl (C=O) groups excluding carboxylic acids is 3. The smallest absolute Gasteiger partial charge is 0.306 e. The summed E-state index contributed by atoms with van der Waals surface area (Å²) in [7, 11) is 2.95. The first-order valence-electron chi connectivity index (χ1n) is 8.74. The van der Waals surface area contributed by atoms with E-state index in [0.29, 0.717) is 27.9 Å². The lowest BCUT2D eigenvalue weighted by molar-refractivity contribution is -0.147. The predicted molar refractivity (Wildman–Crippen MR) is 113 cm³/mol. The summed E-state index contributed by atoms with van der Waals surface area (Å²) in [4.78, 5) is 35.8. The molecule has 2 aromatic rings. The predicted octanol–water partition coefficient (Wildman–Crippen LogP) is 3.91. The third kappa shape index (κ3) is 7.13. The fourth-order valence-corrected chi connectivity index (χ4v) is 2.79. The topological polar surface area (TPSA) is 103 Å². The zero-order chi connectivity index (χ0) is 22.1. The molecule has 0 aliphatic heterocycles. The van der Waals surface area contributed by atoms with Gasteiger partial charge in [0.15, 0.2) is 6.61 Å². The number of ether oxygens (including phenoxy) is 3. The van der Waals surface area contributed by atoms with Gasteiger partial charge in [-0.3, -0.25) is 14.4 Å². The monoisotopic (exact) mass is 454 g/mol. The Morgan fingerprint density at radius 1 is 0.867 bits per heavy atom. The maximum Gasteiger partial charge on any atom is 0.306 e. The van der Waals surface area contributed by atoms with Crippen LogP contribution in [0.2, 0.25) is 10.0 Å². The first kappa shape index (κ1) is 23.3. The average Bonchev–Trinajstić information content (AvgIpc) is 2.72. The number of rotatable bonds is 9. The van der Waals surface area contributed by atoms with E-state index in [0.717, 1.165) is 0 Å². The number of carbonyl (C=O) groups is 3. The van der Waals surface area contributed by atoms with Crippen molar-refractivity contribution in [2.45, 2.75) is 12.8 Å². The molecule has 0 aromatic heterocycles. The van der Waals surface area contributed by atoms with E-state index in [9.17, 15) is 14.4 Å². The molecule has 8 nitrogen and oxygen atoms in total. The third-order valence-corrected chi connectivity index (χ3v) is 4.35. The van der Waals surface area contributed by atoms with Crippen LogP contribution >= 0.6 is 23.2 Å². The van der Waals surface area contributed by atoms with Crippen molar-refractivity contribution in [2.75, 3.05) is 31.5 Å². The van der Waals surface area contributed by atoms with Crippen molar-refractivity contribution >= 4 is 52.4 Å². The summed E-state index contributed by atoms with van der Waals surface area (Å²) in [6.45, 7) is -0.510. The molecule has 160 valence electrons. The third-order valence-electron chi connectivity index (χ3n) is 3.81. The molecule has 0 saturated carbocycles. The second-order valence-corrected chi connectivity index (χ2v) is 6.79. The minimum Gasteiger partial charge on any atom is -0.497 e. The molecule has 30 heavy (non-hydrogen) atoms. The summed E-state index contributed by atoms with van der Waals surface area (Å²) < 4.78 is 15.2. The number of anilines is 2. The maximum atomic E-state index is 12.0. The largest absolute Gasteiger partial charge is 0.497 e. The van der Waals surface area contributed by atoms with Gasteiger partial charge in [0.1, 0.15) is 11.5 Å². The van der Waals surface area contributed by atoms with Crippen molar-refractivity contribution in [3.63, 3.8) is 0 Å². The van der Waals surface area contributed by atoms with Crippen molar-refractivity contribution < 1.29 is 28.6 Å². The van der Waals surface area contributed by atoms with Gasteiger partial charge in [0.05, 0.1) is 37.0 Å². The number of methoxy groups -OCH3 is 2. The number of halogens is 2. The minimum absolute atomic E-state index is 0.136. The molecule has 0 atom stereocenters. The quantitative estimate of drug-likeness (QED) is 0.556.